The summed E-state index contributed by atoms with van der Waals surface area (Å²) < 4.78 is 26.2. The number of aromatic nitrogens is 2. The lowest BCUT2D eigenvalue weighted by molar-refractivity contribution is -0.262. The molecule has 0 aliphatic carbocycles. The van der Waals surface area contributed by atoms with Crippen molar-refractivity contribution >= 4 is 33.7 Å². The van der Waals surface area contributed by atoms with Crippen molar-refractivity contribution in [3.8, 4) is 0 Å². The number of fused-ring (bicyclic) bond motifs is 4. The predicted octanol–water partition coefficient (Wildman–Crippen LogP) is -0.495. The third kappa shape index (κ3) is 4.18. The summed E-state index contributed by atoms with van der Waals surface area (Å²) in [6, 6.07) is 15.1. The lowest BCUT2D eigenvalue weighted by Gasteiger charge is -2.31. The zero-order valence-electron chi connectivity index (χ0n) is 23.1. The van der Waals surface area contributed by atoms with Gasteiger partial charge in [0.05, 0.1) is 19.8 Å². The zero-order chi connectivity index (χ0) is 30.9. The fourth-order valence-corrected chi connectivity index (χ4v) is 6.31. The molecular formula is C30H30N2O12. The second-order valence-corrected chi connectivity index (χ2v) is 11.3. The third-order valence-corrected chi connectivity index (χ3v) is 8.70. The first-order valence-corrected chi connectivity index (χ1v) is 14.0. The van der Waals surface area contributed by atoms with Crippen molar-refractivity contribution in [1.29, 1.82) is 0 Å². The highest BCUT2D eigenvalue weighted by molar-refractivity contribution is 5.88. The number of ether oxygens (including phenoxy) is 5. The Morgan fingerprint density at radius 3 is 2.09 bits per heavy atom. The van der Waals surface area contributed by atoms with E-state index in [0.29, 0.717) is 5.56 Å². The summed E-state index contributed by atoms with van der Waals surface area (Å²) in [5.74, 6) is -5.73. The van der Waals surface area contributed by atoms with E-state index in [1.807, 2.05) is 48.5 Å². The molecule has 4 aliphatic heterocycles. The van der Waals surface area contributed by atoms with Gasteiger partial charge in [0, 0.05) is 46.2 Å². The van der Waals surface area contributed by atoms with Gasteiger partial charge in [-0.2, -0.15) is 0 Å². The molecule has 4 saturated heterocycles. The summed E-state index contributed by atoms with van der Waals surface area (Å²) in [6.07, 6.45) is -2.76. The molecule has 2 aromatic carbocycles. The van der Waals surface area contributed by atoms with Gasteiger partial charge in [-0.25, -0.2) is 9.59 Å². The summed E-state index contributed by atoms with van der Waals surface area (Å²) in [5, 5.41) is 52.7. The predicted molar refractivity (Wildman–Crippen MR) is 147 cm³/mol. The molecule has 8 unspecified atom stereocenters. The van der Waals surface area contributed by atoms with E-state index < -0.39 is 59.6 Å². The van der Waals surface area contributed by atoms with Gasteiger partial charge in [-0.3, -0.25) is 0 Å². The Labute approximate surface area is 248 Å². The summed E-state index contributed by atoms with van der Waals surface area (Å²) in [6.45, 7) is -0.144. The first-order chi connectivity index (χ1) is 21.1. The molecule has 2 aromatic heterocycles. The zero-order valence-corrected chi connectivity index (χ0v) is 23.1. The number of aliphatic hydroxyl groups excluding tert-OH is 3. The fraction of sp³-hybridized carbons (Fsp3) is 0.400. The molecule has 14 heteroatoms. The molecule has 4 fully saturated rings. The van der Waals surface area contributed by atoms with E-state index in [1.54, 1.807) is 12.4 Å². The van der Waals surface area contributed by atoms with E-state index in [-0.39, 0.29) is 26.2 Å². The Morgan fingerprint density at radius 2 is 1.39 bits per heavy atom. The van der Waals surface area contributed by atoms with Crippen LogP contribution in [0.4, 0.5) is 0 Å². The molecule has 0 bridgehead atoms. The van der Waals surface area contributed by atoms with Gasteiger partial charge in [0.2, 0.25) is 23.3 Å². The van der Waals surface area contributed by atoms with Crippen molar-refractivity contribution in [3.05, 3.63) is 72.1 Å². The average Bonchev–Trinajstić information content (AvgIpc) is 3.84. The van der Waals surface area contributed by atoms with Gasteiger partial charge in [-0.05, 0) is 17.7 Å². The molecule has 14 nitrogen and oxygen atoms in total. The number of rotatable bonds is 5. The molecule has 0 radical (unpaired) electrons. The highest BCUT2D eigenvalue weighted by Crippen LogP contribution is 2.45. The van der Waals surface area contributed by atoms with Crippen LogP contribution in [0.15, 0.2) is 60.9 Å². The number of carbonyl (C=O) groups excluding carboxylic acids is 2. The van der Waals surface area contributed by atoms with Crippen molar-refractivity contribution in [3.63, 3.8) is 0 Å². The van der Waals surface area contributed by atoms with Crippen LogP contribution in [-0.2, 0) is 46.3 Å². The van der Waals surface area contributed by atoms with Crippen LogP contribution in [0.3, 0.4) is 0 Å². The molecule has 0 spiro atoms. The Morgan fingerprint density at radius 1 is 0.795 bits per heavy atom. The second kappa shape index (κ2) is 10.4. The Kier molecular flexibility index (Phi) is 6.80. The molecule has 0 amide bonds. The van der Waals surface area contributed by atoms with Crippen molar-refractivity contribution in [2.45, 2.75) is 60.7 Å². The van der Waals surface area contributed by atoms with Crippen LogP contribution >= 0.6 is 0 Å². The van der Waals surface area contributed by atoms with Gasteiger partial charge < -0.3 is 59.2 Å². The topological polar surface area (TPSA) is 213 Å². The lowest BCUT2D eigenvalue weighted by Crippen LogP contribution is -2.59. The van der Waals surface area contributed by atoms with E-state index in [1.165, 1.54) is 0 Å². The van der Waals surface area contributed by atoms with Crippen LogP contribution in [0, 0.1) is 0 Å². The number of para-hydroxylation sites is 2. The normalized spacial score (nSPS) is 35.8. The lowest BCUT2D eigenvalue weighted by atomic mass is 9.85. The van der Waals surface area contributed by atoms with Gasteiger partial charge in [0.15, 0.2) is 12.2 Å². The minimum Gasteiger partial charge on any atom is -0.452 e. The van der Waals surface area contributed by atoms with Crippen molar-refractivity contribution in [1.82, 2.24) is 9.97 Å². The number of carbonyl (C=O) groups is 2. The molecule has 8 atom stereocenters. The maximum atomic E-state index is 12.1. The van der Waals surface area contributed by atoms with Gasteiger partial charge in [0.25, 0.3) is 0 Å². The maximum Gasteiger partial charge on any atom is 0.344 e. The van der Waals surface area contributed by atoms with Crippen LogP contribution in [0.2, 0.25) is 0 Å². The molecule has 4 aromatic rings. The summed E-state index contributed by atoms with van der Waals surface area (Å²) >= 11 is 0. The van der Waals surface area contributed by atoms with Crippen molar-refractivity contribution in [2.24, 2.45) is 0 Å². The molecule has 232 valence electrons. The van der Waals surface area contributed by atoms with E-state index in [4.69, 9.17) is 23.7 Å². The minimum atomic E-state index is -2.26. The molecule has 6 heterocycles. The van der Waals surface area contributed by atoms with E-state index in [0.717, 1.165) is 27.4 Å². The minimum absolute atomic E-state index is 0.0527. The Bertz CT molecular complexity index is 1720. The largest absolute Gasteiger partial charge is 0.452 e. The van der Waals surface area contributed by atoms with Crippen LogP contribution in [0.1, 0.15) is 11.1 Å². The quantitative estimate of drug-likeness (QED) is 0.143. The highest BCUT2D eigenvalue weighted by atomic mass is 16.8. The van der Waals surface area contributed by atoms with Crippen LogP contribution in [0.25, 0.3) is 21.8 Å². The third-order valence-electron chi connectivity index (χ3n) is 8.70. The number of H-pyrrole nitrogens is 2. The number of nitrogens with one attached hydrogen (secondary N) is 2. The van der Waals surface area contributed by atoms with Gasteiger partial charge in [-0.1, -0.05) is 36.4 Å². The number of esters is 2. The number of hydrogen-bond acceptors (Lipinski definition) is 12. The van der Waals surface area contributed by atoms with Crippen LogP contribution in [0.5, 0.6) is 0 Å². The van der Waals surface area contributed by atoms with E-state index in [2.05, 4.69) is 9.97 Å². The second-order valence-electron chi connectivity index (χ2n) is 11.3. The van der Waals surface area contributed by atoms with E-state index >= 15 is 0 Å². The first-order valence-electron chi connectivity index (χ1n) is 14.0. The molecule has 0 saturated carbocycles. The molecular weight excluding hydrogens is 580 g/mol. The van der Waals surface area contributed by atoms with E-state index in [9.17, 15) is 35.1 Å². The molecule has 8 rings (SSSR count). The van der Waals surface area contributed by atoms with Crippen molar-refractivity contribution < 1.29 is 58.8 Å². The first kappa shape index (κ1) is 28.9. The SMILES string of the molecule is O=C1OC2C(O)COC2(O)C1(O)Cc1c[nH]c2ccccc12.O=C1OC2C(O)COC2(OCc2c[nH]c3ccccc23)C1O. The van der Waals surface area contributed by atoms with Crippen LogP contribution in [-0.4, -0.2) is 108 Å². The Hall–Kier alpha value is -3.86. The summed E-state index contributed by atoms with van der Waals surface area (Å²) in [4.78, 5) is 29.8. The Balaban J connectivity index is 0.000000142. The maximum absolute atomic E-state index is 12.1. The van der Waals surface area contributed by atoms with Crippen LogP contribution < -0.4 is 0 Å². The number of aromatic amines is 2. The standard InChI is InChI=1S/2C15H15NO6/c17-11-7-21-15(12(18)14(19)22-13(11)15)20-6-8-5-16-10-4-2-1-3-9(8)10;17-11-7-21-15(20)12(11)22-13(18)14(15,19)5-8-6-16-10-4-2-1-3-9(8)10/h1-5,11-13,16-18H,6-7H2;1-4,6,11-12,16-17,19-20H,5,7H2. The summed E-state index contributed by atoms with van der Waals surface area (Å²) in [5.41, 5.74) is 1.06. The van der Waals surface area contributed by atoms with Crippen molar-refractivity contribution in [2.75, 3.05) is 13.2 Å². The molecule has 7 N–H and O–H groups in total. The molecule has 4 aliphatic rings. The van der Waals surface area contributed by atoms with Gasteiger partial charge in [-0.15, -0.1) is 0 Å². The number of benzene rings is 2. The fourth-order valence-electron chi connectivity index (χ4n) is 6.31. The van der Waals surface area contributed by atoms with Gasteiger partial charge in [0.1, 0.15) is 12.2 Å². The monoisotopic (exact) mass is 610 g/mol. The van der Waals surface area contributed by atoms with Gasteiger partial charge >= 0.3 is 11.9 Å². The molecule has 44 heavy (non-hydrogen) atoms. The summed E-state index contributed by atoms with van der Waals surface area (Å²) in [7, 11) is 0. The smallest absolute Gasteiger partial charge is 0.344 e. The highest BCUT2D eigenvalue weighted by Gasteiger charge is 2.73. The number of aliphatic hydroxyl groups is 5. The average molecular weight is 611 g/mol. The number of hydrogen-bond donors (Lipinski definition) is 7.